The molecule has 0 radical (unpaired) electrons. The van der Waals surface area contributed by atoms with Crippen molar-refractivity contribution in [3.63, 3.8) is 0 Å². The van der Waals surface area contributed by atoms with Crippen molar-refractivity contribution in [2.45, 2.75) is 66.3 Å². The normalized spacial score (nSPS) is 12.2. The van der Waals surface area contributed by atoms with Gasteiger partial charge in [-0.3, -0.25) is 0 Å². The highest BCUT2D eigenvalue weighted by molar-refractivity contribution is 5.50. The minimum Gasteiger partial charge on any atom is -0.396 e. The molecule has 0 saturated heterocycles. The van der Waals surface area contributed by atoms with Crippen LogP contribution in [0.15, 0.2) is 18.2 Å². The molecule has 0 heterocycles. The van der Waals surface area contributed by atoms with E-state index in [1.807, 2.05) is 0 Å². The third-order valence-electron chi connectivity index (χ3n) is 3.56. The van der Waals surface area contributed by atoms with E-state index in [0.717, 1.165) is 19.3 Å². The first kappa shape index (κ1) is 18.0. The number of rotatable bonds is 8. The van der Waals surface area contributed by atoms with Gasteiger partial charge in [-0.25, -0.2) is 0 Å². The Morgan fingerprint density at radius 3 is 1.81 bits per heavy atom. The largest absolute Gasteiger partial charge is 0.396 e. The molecular weight excluding hydrogens is 258 g/mol. The van der Waals surface area contributed by atoms with Gasteiger partial charge in [-0.1, -0.05) is 33.8 Å². The van der Waals surface area contributed by atoms with E-state index >= 15 is 0 Å². The average molecular weight is 291 g/mol. The Bertz CT molecular complexity index is 407. The maximum absolute atomic E-state index is 9.19. The molecule has 0 aliphatic carbocycles. The van der Waals surface area contributed by atoms with Crippen LogP contribution in [-0.2, 0) is 12.8 Å². The van der Waals surface area contributed by atoms with Crippen LogP contribution in [0, 0.1) is 11.8 Å². The summed E-state index contributed by atoms with van der Waals surface area (Å²) >= 11 is 0. The maximum Gasteiger partial charge on any atom is 0.0453 e. The van der Waals surface area contributed by atoms with Gasteiger partial charge in [0.15, 0.2) is 0 Å². The van der Waals surface area contributed by atoms with Gasteiger partial charge in [-0.15, -0.1) is 0 Å². The van der Waals surface area contributed by atoms with Gasteiger partial charge in [0.05, 0.1) is 0 Å². The Morgan fingerprint density at radius 2 is 1.43 bits per heavy atom. The van der Waals surface area contributed by atoms with Gasteiger partial charge < -0.3 is 10.4 Å². The van der Waals surface area contributed by atoms with Crippen molar-refractivity contribution < 1.29 is 5.11 Å². The summed E-state index contributed by atoms with van der Waals surface area (Å²) in [6, 6.07) is 6.89. The van der Waals surface area contributed by atoms with Gasteiger partial charge in [-0.05, 0) is 68.2 Å². The lowest BCUT2D eigenvalue weighted by molar-refractivity contribution is 0.261. The van der Waals surface area contributed by atoms with Gasteiger partial charge in [0, 0.05) is 17.8 Å². The van der Waals surface area contributed by atoms with Gasteiger partial charge in [-0.2, -0.15) is 0 Å². The summed E-state index contributed by atoms with van der Waals surface area (Å²) in [5.74, 6) is 1.33. The molecule has 2 nitrogen and oxygen atoms in total. The number of hydrogen-bond donors (Lipinski definition) is 2. The highest BCUT2D eigenvalue weighted by Gasteiger charge is 2.17. The lowest BCUT2D eigenvalue weighted by atomic mass is 9.95. The molecule has 2 N–H and O–H groups in total. The lowest BCUT2D eigenvalue weighted by Crippen LogP contribution is -2.32. The third-order valence-corrected chi connectivity index (χ3v) is 3.56. The molecular formula is C19H33NO. The first-order chi connectivity index (χ1) is 9.71. The number of anilines is 1. The van der Waals surface area contributed by atoms with E-state index in [9.17, 15) is 5.11 Å². The van der Waals surface area contributed by atoms with E-state index < -0.39 is 0 Å². The van der Waals surface area contributed by atoms with Gasteiger partial charge in [0.25, 0.3) is 0 Å². The topological polar surface area (TPSA) is 32.3 Å². The van der Waals surface area contributed by atoms with E-state index in [4.69, 9.17) is 0 Å². The van der Waals surface area contributed by atoms with E-state index in [-0.39, 0.29) is 12.1 Å². The number of hydrogen-bond acceptors (Lipinski definition) is 2. The zero-order valence-electron chi connectivity index (χ0n) is 14.7. The second-order valence-electron chi connectivity index (χ2n) is 7.72. The molecule has 0 aliphatic rings. The van der Waals surface area contributed by atoms with Crippen LogP contribution in [0.25, 0.3) is 0 Å². The molecule has 0 aromatic heterocycles. The monoisotopic (exact) mass is 291 g/mol. The summed E-state index contributed by atoms with van der Waals surface area (Å²) in [7, 11) is 0. The molecule has 21 heavy (non-hydrogen) atoms. The number of aliphatic hydroxyl groups is 1. The number of nitrogens with one attached hydrogen (secondary N) is 1. The fourth-order valence-corrected chi connectivity index (χ4v) is 2.75. The molecule has 0 unspecified atom stereocenters. The second-order valence-corrected chi connectivity index (χ2v) is 7.72. The molecule has 0 aliphatic heterocycles. The Balaban J connectivity index is 3.00. The standard InChI is InChI=1S/C19H33NO/c1-14(2)9-16-11-17(10-15(3)4)13-18(12-16)20-19(5,6)7-8-21/h11-15,20-21H,7-10H2,1-6H3. The van der Waals surface area contributed by atoms with Gasteiger partial charge in [0.1, 0.15) is 0 Å². The predicted octanol–water partition coefficient (Wildman–Crippen LogP) is 4.66. The van der Waals surface area contributed by atoms with Gasteiger partial charge >= 0.3 is 0 Å². The molecule has 1 aromatic carbocycles. The molecule has 120 valence electrons. The van der Waals surface area contributed by atoms with Crippen molar-refractivity contribution in [3.05, 3.63) is 29.3 Å². The predicted molar refractivity (Wildman–Crippen MR) is 92.9 cm³/mol. The first-order valence-electron chi connectivity index (χ1n) is 8.23. The molecule has 0 atom stereocenters. The fraction of sp³-hybridized carbons (Fsp3) is 0.684. The van der Waals surface area contributed by atoms with Crippen LogP contribution in [0.3, 0.4) is 0 Å². The highest BCUT2D eigenvalue weighted by Crippen LogP contribution is 2.24. The van der Waals surface area contributed by atoms with Crippen molar-refractivity contribution in [2.24, 2.45) is 11.8 Å². The summed E-state index contributed by atoms with van der Waals surface area (Å²) < 4.78 is 0. The number of aliphatic hydroxyl groups excluding tert-OH is 1. The van der Waals surface area contributed by atoms with E-state index in [1.54, 1.807) is 0 Å². The Kier molecular flexibility index (Phi) is 6.73. The highest BCUT2D eigenvalue weighted by atomic mass is 16.3. The molecule has 0 fully saturated rings. The van der Waals surface area contributed by atoms with E-state index in [0.29, 0.717) is 11.8 Å². The molecule has 1 rings (SSSR count). The third kappa shape index (κ3) is 6.99. The SMILES string of the molecule is CC(C)Cc1cc(CC(C)C)cc(NC(C)(C)CCO)c1. The van der Waals surface area contributed by atoms with Crippen LogP contribution < -0.4 is 5.32 Å². The minimum atomic E-state index is -0.0830. The zero-order valence-corrected chi connectivity index (χ0v) is 14.7. The smallest absolute Gasteiger partial charge is 0.0453 e. The van der Waals surface area contributed by atoms with Crippen LogP contribution in [0.1, 0.15) is 59.1 Å². The van der Waals surface area contributed by atoms with Gasteiger partial charge in [0.2, 0.25) is 0 Å². The van der Waals surface area contributed by atoms with Crippen LogP contribution in [-0.4, -0.2) is 17.3 Å². The summed E-state index contributed by atoms with van der Waals surface area (Å²) in [4.78, 5) is 0. The van der Waals surface area contributed by atoms with Crippen molar-refractivity contribution in [2.75, 3.05) is 11.9 Å². The van der Waals surface area contributed by atoms with E-state index in [2.05, 4.69) is 65.1 Å². The molecule has 1 aromatic rings. The fourth-order valence-electron chi connectivity index (χ4n) is 2.75. The Hall–Kier alpha value is -1.02. The maximum atomic E-state index is 9.19. The summed E-state index contributed by atoms with van der Waals surface area (Å²) in [5, 5.41) is 12.8. The Morgan fingerprint density at radius 1 is 0.952 bits per heavy atom. The van der Waals surface area contributed by atoms with Crippen LogP contribution in [0.5, 0.6) is 0 Å². The molecule has 0 spiro atoms. The molecule has 0 saturated carbocycles. The van der Waals surface area contributed by atoms with Crippen LogP contribution in [0.2, 0.25) is 0 Å². The second kappa shape index (κ2) is 7.84. The summed E-state index contributed by atoms with van der Waals surface area (Å²) in [6.45, 7) is 13.5. The Labute approximate surface area is 131 Å². The molecule has 0 bridgehead atoms. The van der Waals surface area contributed by atoms with E-state index in [1.165, 1.54) is 16.8 Å². The minimum absolute atomic E-state index is 0.0830. The summed E-state index contributed by atoms with van der Waals surface area (Å²) in [6.07, 6.45) is 2.98. The van der Waals surface area contributed by atoms with Crippen LogP contribution in [0.4, 0.5) is 5.69 Å². The zero-order chi connectivity index (χ0) is 16.0. The number of benzene rings is 1. The van der Waals surface area contributed by atoms with Crippen LogP contribution >= 0.6 is 0 Å². The first-order valence-corrected chi connectivity index (χ1v) is 8.23. The van der Waals surface area contributed by atoms with Crippen molar-refractivity contribution in [3.8, 4) is 0 Å². The van der Waals surface area contributed by atoms with Crippen molar-refractivity contribution >= 4 is 5.69 Å². The quantitative estimate of drug-likeness (QED) is 0.730. The average Bonchev–Trinajstić information content (AvgIpc) is 2.24. The molecule has 0 amide bonds. The summed E-state index contributed by atoms with van der Waals surface area (Å²) in [5.41, 5.74) is 3.92. The van der Waals surface area contributed by atoms with Crippen molar-refractivity contribution in [1.29, 1.82) is 0 Å². The molecule has 2 heteroatoms. The lowest BCUT2D eigenvalue weighted by Gasteiger charge is -2.27. The van der Waals surface area contributed by atoms with Crippen molar-refractivity contribution in [1.82, 2.24) is 0 Å².